The van der Waals surface area contributed by atoms with Crippen molar-refractivity contribution in [3.05, 3.63) is 49.2 Å². The van der Waals surface area contributed by atoms with Crippen molar-refractivity contribution in [1.82, 2.24) is 19.9 Å². The fourth-order valence-corrected chi connectivity index (χ4v) is 2.22. The van der Waals surface area contributed by atoms with Crippen molar-refractivity contribution >= 4 is 22.6 Å². The molecule has 0 saturated heterocycles. The highest BCUT2D eigenvalue weighted by Gasteiger charge is 2.06. The second-order valence-corrected chi connectivity index (χ2v) is 4.78. The number of urea groups is 1. The van der Waals surface area contributed by atoms with Gasteiger partial charge in [-0.3, -0.25) is 0 Å². The predicted molar refractivity (Wildman–Crippen MR) is 82.2 cm³/mol. The Hall–Kier alpha value is -2.76. The molecule has 0 atom stereocenters. The molecule has 2 aromatic heterocycles. The first-order valence-corrected chi connectivity index (χ1v) is 6.89. The minimum atomic E-state index is -0.189. The van der Waals surface area contributed by atoms with Gasteiger partial charge in [0.1, 0.15) is 0 Å². The van der Waals surface area contributed by atoms with Crippen LogP contribution in [0.3, 0.4) is 0 Å². The van der Waals surface area contributed by atoms with Crippen LogP contribution in [-0.4, -0.2) is 27.1 Å². The Morgan fingerprint density at radius 1 is 1.33 bits per heavy atom. The van der Waals surface area contributed by atoms with Crippen molar-refractivity contribution in [3.8, 4) is 0 Å². The number of fused-ring (bicyclic) bond motifs is 1. The van der Waals surface area contributed by atoms with Crippen molar-refractivity contribution in [2.24, 2.45) is 0 Å². The maximum absolute atomic E-state index is 11.9. The monoisotopic (exact) mass is 283 g/mol. The number of carbonyl (C=O) groups is 1. The Balaban J connectivity index is 1.48. The Kier molecular flexibility index (Phi) is 3.86. The molecule has 0 fully saturated rings. The summed E-state index contributed by atoms with van der Waals surface area (Å²) in [5.41, 5.74) is 1.80. The van der Waals surface area contributed by atoms with E-state index in [0.29, 0.717) is 6.54 Å². The number of amides is 2. The molecule has 2 amide bonds. The number of hydrogen-bond acceptors (Lipinski definition) is 2. The summed E-state index contributed by atoms with van der Waals surface area (Å²) in [4.78, 5) is 19.0. The first-order chi connectivity index (χ1) is 10.3. The Labute approximate surface area is 122 Å². The summed E-state index contributed by atoms with van der Waals surface area (Å²) >= 11 is 0. The number of nitrogens with one attached hydrogen (secondary N) is 3. The van der Waals surface area contributed by atoms with Gasteiger partial charge in [0.2, 0.25) is 0 Å². The summed E-state index contributed by atoms with van der Waals surface area (Å²) in [6, 6.07) is 7.66. The molecule has 0 radical (unpaired) electrons. The third kappa shape index (κ3) is 3.22. The summed E-state index contributed by atoms with van der Waals surface area (Å²) < 4.78 is 1.99. The van der Waals surface area contributed by atoms with E-state index in [1.165, 1.54) is 0 Å². The normalized spacial score (nSPS) is 10.7. The minimum absolute atomic E-state index is 0.189. The highest BCUT2D eigenvalue weighted by Crippen LogP contribution is 2.22. The predicted octanol–water partition coefficient (Wildman–Crippen LogP) is 2.58. The summed E-state index contributed by atoms with van der Waals surface area (Å²) in [6.45, 7) is 1.46. The third-order valence-corrected chi connectivity index (χ3v) is 3.28. The maximum atomic E-state index is 11.9. The fraction of sp³-hybridized carbons (Fsp3) is 0.200. The van der Waals surface area contributed by atoms with E-state index >= 15 is 0 Å². The maximum Gasteiger partial charge on any atom is 0.319 e. The minimum Gasteiger partial charge on any atom is -0.359 e. The first-order valence-electron chi connectivity index (χ1n) is 6.89. The van der Waals surface area contributed by atoms with Gasteiger partial charge in [-0.15, -0.1) is 0 Å². The van der Waals surface area contributed by atoms with Gasteiger partial charge in [0, 0.05) is 42.6 Å². The fourth-order valence-electron chi connectivity index (χ4n) is 2.22. The van der Waals surface area contributed by atoms with Crippen LogP contribution in [0.15, 0.2) is 49.2 Å². The van der Waals surface area contributed by atoms with Crippen LogP contribution in [0.4, 0.5) is 10.5 Å². The smallest absolute Gasteiger partial charge is 0.319 e. The van der Waals surface area contributed by atoms with Crippen molar-refractivity contribution in [2.75, 3.05) is 11.9 Å². The molecule has 0 aliphatic carbocycles. The standard InChI is InChI=1S/C15H17N5O/c21-15(17-6-3-8-20-9-7-16-11-20)19-14-10-18-13-5-2-1-4-12(13)14/h1-2,4-5,7,9-11,18H,3,6,8H2,(H2,17,19,21). The summed E-state index contributed by atoms with van der Waals surface area (Å²) in [7, 11) is 0. The zero-order chi connectivity index (χ0) is 14.5. The van der Waals surface area contributed by atoms with Crippen LogP contribution in [0.1, 0.15) is 6.42 Å². The number of aromatic nitrogens is 3. The number of benzene rings is 1. The molecule has 108 valence electrons. The van der Waals surface area contributed by atoms with E-state index in [-0.39, 0.29) is 6.03 Å². The van der Waals surface area contributed by atoms with Gasteiger partial charge in [-0.2, -0.15) is 0 Å². The van der Waals surface area contributed by atoms with E-state index in [1.807, 2.05) is 35.0 Å². The highest BCUT2D eigenvalue weighted by molar-refractivity contribution is 6.00. The molecule has 0 bridgehead atoms. The summed E-state index contributed by atoms with van der Waals surface area (Å²) in [5, 5.41) is 6.71. The van der Waals surface area contributed by atoms with Gasteiger partial charge in [-0.1, -0.05) is 18.2 Å². The molecule has 6 heteroatoms. The lowest BCUT2D eigenvalue weighted by Crippen LogP contribution is -2.29. The number of para-hydroxylation sites is 1. The average molecular weight is 283 g/mol. The van der Waals surface area contributed by atoms with Gasteiger partial charge in [0.15, 0.2) is 0 Å². The van der Waals surface area contributed by atoms with Crippen molar-refractivity contribution in [2.45, 2.75) is 13.0 Å². The molecular weight excluding hydrogens is 266 g/mol. The second-order valence-electron chi connectivity index (χ2n) is 4.78. The van der Waals surface area contributed by atoms with Gasteiger partial charge in [0.25, 0.3) is 0 Å². The Morgan fingerprint density at radius 2 is 2.24 bits per heavy atom. The van der Waals surface area contributed by atoms with Crippen LogP contribution < -0.4 is 10.6 Å². The third-order valence-electron chi connectivity index (χ3n) is 3.28. The van der Waals surface area contributed by atoms with Crippen LogP contribution in [0, 0.1) is 0 Å². The molecule has 0 saturated carbocycles. The number of aromatic amines is 1. The van der Waals surface area contributed by atoms with Gasteiger partial charge < -0.3 is 20.2 Å². The number of rotatable bonds is 5. The zero-order valence-corrected chi connectivity index (χ0v) is 11.5. The number of hydrogen-bond donors (Lipinski definition) is 3. The van der Waals surface area contributed by atoms with Crippen LogP contribution in [0.5, 0.6) is 0 Å². The van der Waals surface area contributed by atoms with E-state index in [0.717, 1.165) is 29.6 Å². The molecule has 2 heterocycles. The molecule has 0 aliphatic rings. The highest BCUT2D eigenvalue weighted by atomic mass is 16.2. The number of carbonyl (C=O) groups excluding carboxylic acids is 1. The lowest BCUT2D eigenvalue weighted by atomic mass is 10.2. The number of H-pyrrole nitrogens is 1. The van der Waals surface area contributed by atoms with E-state index in [1.54, 1.807) is 18.7 Å². The largest absolute Gasteiger partial charge is 0.359 e. The number of anilines is 1. The molecule has 3 aromatic rings. The molecule has 0 aliphatic heterocycles. The Morgan fingerprint density at radius 3 is 3.10 bits per heavy atom. The van der Waals surface area contributed by atoms with Crippen LogP contribution in [-0.2, 0) is 6.54 Å². The van der Waals surface area contributed by atoms with Crippen molar-refractivity contribution < 1.29 is 4.79 Å². The van der Waals surface area contributed by atoms with Crippen LogP contribution in [0.25, 0.3) is 10.9 Å². The molecule has 1 aromatic carbocycles. The van der Waals surface area contributed by atoms with E-state index in [9.17, 15) is 4.79 Å². The molecule has 6 nitrogen and oxygen atoms in total. The molecule has 21 heavy (non-hydrogen) atoms. The quantitative estimate of drug-likeness (QED) is 0.629. The number of nitrogens with zero attached hydrogens (tertiary/aromatic N) is 2. The summed E-state index contributed by atoms with van der Waals surface area (Å²) in [5.74, 6) is 0. The lowest BCUT2D eigenvalue weighted by molar-refractivity contribution is 0.252. The van der Waals surface area contributed by atoms with Crippen LogP contribution in [0.2, 0.25) is 0 Å². The van der Waals surface area contributed by atoms with Crippen molar-refractivity contribution in [1.29, 1.82) is 0 Å². The van der Waals surface area contributed by atoms with Crippen molar-refractivity contribution in [3.63, 3.8) is 0 Å². The van der Waals surface area contributed by atoms with E-state index < -0.39 is 0 Å². The van der Waals surface area contributed by atoms with Gasteiger partial charge >= 0.3 is 6.03 Å². The first kappa shape index (κ1) is 13.2. The SMILES string of the molecule is O=C(NCCCn1ccnc1)Nc1c[nH]c2ccccc12. The zero-order valence-electron chi connectivity index (χ0n) is 11.5. The Bertz CT molecular complexity index is 717. The number of aryl methyl sites for hydroxylation is 1. The van der Waals surface area contributed by atoms with Gasteiger partial charge in [-0.25, -0.2) is 9.78 Å². The molecule has 0 unspecified atom stereocenters. The van der Waals surface area contributed by atoms with Gasteiger partial charge in [0.05, 0.1) is 12.0 Å². The molecule has 0 spiro atoms. The topological polar surface area (TPSA) is 74.7 Å². The van der Waals surface area contributed by atoms with E-state index in [4.69, 9.17) is 0 Å². The summed E-state index contributed by atoms with van der Waals surface area (Å²) in [6.07, 6.45) is 8.09. The van der Waals surface area contributed by atoms with Crippen LogP contribution >= 0.6 is 0 Å². The number of imidazole rings is 1. The lowest BCUT2D eigenvalue weighted by Gasteiger charge is -2.07. The second kappa shape index (κ2) is 6.13. The van der Waals surface area contributed by atoms with E-state index in [2.05, 4.69) is 20.6 Å². The average Bonchev–Trinajstić information content (AvgIpc) is 3.14. The molecule has 3 rings (SSSR count). The van der Waals surface area contributed by atoms with Gasteiger partial charge in [-0.05, 0) is 12.5 Å². The molecular formula is C15H17N5O. The molecule has 3 N–H and O–H groups in total.